The lowest BCUT2D eigenvalue weighted by molar-refractivity contribution is -0.137. The highest BCUT2D eigenvalue weighted by Gasteiger charge is 2.31. The van der Waals surface area contributed by atoms with Crippen molar-refractivity contribution in [3.05, 3.63) is 78.5 Å². The number of oxazole rings is 1. The number of aryl methyl sites for hydroxylation is 2. The van der Waals surface area contributed by atoms with Crippen LogP contribution in [0.15, 0.2) is 66.1 Å². The maximum atomic E-state index is 13.2. The number of alkyl halides is 3. The van der Waals surface area contributed by atoms with Crippen molar-refractivity contribution in [1.82, 2.24) is 24.3 Å². The quantitative estimate of drug-likeness (QED) is 0.371. The van der Waals surface area contributed by atoms with E-state index in [1.165, 1.54) is 12.5 Å². The molecular formula is C23H17F3N6O. The van der Waals surface area contributed by atoms with Gasteiger partial charge in [0.05, 0.1) is 35.0 Å². The van der Waals surface area contributed by atoms with Crippen LogP contribution in [0.5, 0.6) is 0 Å². The summed E-state index contributed by atoms with van der Waals surface area (Å²) >= 11 is 0. The van der Waals surface area contributed by atoms with Crippen molar-refractivity contribution in [3.63, 3.8) is 0 Å². The number of nitrogens with one attached hydrogen (secondary N) is 1. The molecule has 1 aromatic carbocycles. The lowest BCUT2D eigenvalue weighted by Crippen LogP contribution is -2.05. The van der Waals surface area contributed by atoms with Crippen molar-refractivity contribution in [2.75, 3.05) is 5.32 Å². The predicted octanol–water partition coefficient (Wildman–Crippen LogP) is 5.83. The van der Waals surface area contributed by atoms with E-state index < -0.39 is 11.7 Å². The van der Waals surface area contributed by atoms with E-state index in [2.05, 4.69) is 25.3 Å². The summed E-state index contributed by atoms with van der Waals surface area (Å²) in [6.07, 6.45) is 3.38. The molecule has 0 fully saturated rings. The zero-order valence-electron chi connectivity index (χ0n) is 17.6. The Morgan fingerprint density at radius 2 is 1.85 bits per heavy atom. The first kappa shape index (κ1) is 20.7. The average molecular weight is 450 g/mol. The number of hydrogen-bond acceptors (Lipinski definition) is 6. The monoisotopic (exact) mass is 450 g/mol. The smallest absolute Gasteiger partial charge is 0.416 e. The highest BCUT2D eigenvalue weighted by Crippen LogP contribution is 2.34. The van der Waals surface area contributed by atoms with Gasteiger partial charge in [-0.15, -0.1) is 0 Å². The van der Waals surface area contributed by atoms with Gasteiger partial charge in [0.1, 0.15) is 17.7 Å². The van der Waals surface area contributed by atoms with Gasteiger partial charge in [-0.2, -0.15) is 13.2 Å². The van der Waals surface area contributed by atoms with Gasteiger partial charge in [-0.1, -0.05) is 6.07 Å². The van der Waals surface area contributed by atoms with Crippen LogP contribution >= 0.6 is 0 Å². The third-order valence-corrected chi connectivity index (χ3v) is 5.23. The summed E-state index contributed by atoms with van der Waals surface area (Å²) in [5.41, 5.74) is 3.98. The molecular weight excluding hydrogens is 433 g/mol. The molecule has 0 aliphatic heterocycles. The zero-order valence-corrected chi connectivity index (χ0v) is 17.6. The Morgan fingerprint density at radius 1 is 1.00 bits per heavy atom. The Balaban J connectivity index is 1.49. The molecule has 0 amide bonds. The van der Waals surface area contributed by atoms with Gasteiger partial charge in [0.15, 0.2) is 17.8 Å². The van der Waals surface area contributed by atoms with Crippen LogP contribution in [0.2, 0.25) is 0 Å². The highest BCUT2D eigenvalue weighted by molar-refractivity contribution is 5.77. The van der Waals surface area contributed by atoms with Crippen LogP contribution in [-0.2, 0) is 6.18 Å². The number of anilines is 2. The van der Waals surface area contributed by atoms with Crippen LogP contribution < -0.4 is 5.32 Å². The molecule has 0 aliphatic rings. The number of imidazole rings is 1. The van der Waals surface area contributed by atoms with Gasteiger partial charge < -0.3 is 9.73 Å². The molecule has 0 bridgehead atoms. The van der Waals surface area contributed by atoms with Crippen LogP contribution in [0.25, 0.3) is 28.4 Å². The normalized spacial score (nSPS) is 11.8. The molecule has 1 N–H and O–H groups in total. The first-order chi connectivity index (χ1) is 15.8. The van der Waals surface area contributed by atoms with Crippen molar-refractivity contribution in [1.29, 1.82) is 0 Å². The van der Waals surface area contributed by atoms with Crippen LogP contribution in [0.1, 0.15) is 16.8 Å². The summed E-state index contributed by atoms with van der Waals surface area (Å²) in [6, 6.07) is 7.26. The van der Waals surface area contributed by atoms with Crippen LogP contribution in [-0.4, -0.2) is 24.3 Å². The van der Waals surface area contributed by atoms with Gasteiger partial charge in [0, 0.05) is 11.8 Å². The molecule has 33 heavy (non-hydrogen) atoms. The SMILES string of the molecule is Cc1ccc(C(F)(F)F)cc1-c1cn2cncc(Nc3ccc(-c4ocnc4C)nc3)c2n1. The van der Waals surface area contributed by atoms with E-state index in [9.17, 15) is 13.2 Å². The molecule has 166 valence electrons. The lowest BCUT2D eigenvalue weighted by atomic mass is 10.0. The van der Waals surface area contributed by atoms with Crippen molar-refractivity contribution in [2.24, 2.45) is 0 Å². The summed E-state index contributed by atoms with van der Waals surface area (Å²) in [5, 5.41) is 3.21. The Bertz CT molecular complexity index is 1450. The van der Waals surface area contributed by atoms with Crippen molar-refractivity contribution in [3.8, 4) is 22.7 Å². The van der Waals surface area contributed by atoms with Crippen molar-refractivity contribution < 1.29 is 17.6 Å². The number of hydrogen-bond donors (Lipinski definition) is 1. The second-order valence-corrected chi connectivity index (χ2v) is 7.52. The fraction of sp³-hybridized carbons (Fsp3) is 0.130. The second-order valence-electron chi connectivity index (χ2n) is 7.52. The third kappa shape index (κ3) is 3.91. The fourth-order valence-electron chi connectivity index (χ4n) is 3.52. The van der Waals surface area contributed by atoms with E-state index in [1.54, 1.807) is 42.3 Å². The topological polar surface area (TPSA) is 81.1 Å². The predicted molar refractivity (Wildman–Crippen MR) is 116 cm³/mol. The molecule has 0 atom stereocenters. The molecule has 0 unspecified atom stereocenters. The lowest BCUT2D eigenvalue weighted by Gasteiger charge is -2.10. The van der Waals surface area contributed by atoms with Gasteiger partial charge in [-0.25, -0.2) is 15.0 Å². The molecule has 0 saturated heterocycles. The molecule has 5 rings (SSSR count). The van der Waals surface area contributed by atoms with Gasteiger partial charge in [-0.05, 0) is 43.7 Å². The summed E-state index contributed by atoms with van der Waals surface area (Å²) in [5.74, 6) is 0.597. The Hall–Kier alpha value is -4.21. The number of aromatic nitrogens is 5. The largest absolute Gasteiger partial charge is 0.442 e. The fourth-order valence-corrected chi connectivity index (χ4v) is 3.52. The molecule has 4 aromatic heterocycles. The van der Waals surface area contributed by atoms with Crippen LogP contribution in [0, 0.1) is 13.8 Å². The van der Waals surface area contributed by atoms with E-state index in [1.807, 2.05) is 13.0 Å². The minimum Gasteiger partial charge on any atom is -0.442 e. The summed E-state index contributed by atoms with van der Waals surface area (Å²) in [6.45, 7) is 3.58. The van der Waals surface area contributed by atoms with Crippen LogP contribution in [0.3, 0.4) is 0 Å². The van der Waals surface area contributed by atoms with Gasteiger partial charge >= 0.3 is 6.18 Å². The molecule has 5 aromatic rings. The first-order valence-corrected chi connectivity index (χ1v) is 9.94. The first-order valence-electron chi connectivity index (χ1n) is 9.94. The highest BCUT2D eigenvalue weighted by atomic mass is 19.4. The van der Waals surface area contributed by atoms with Crippen LogP contribution in [0.4, 0.5) is 24.5 Å². The minimum absolute atomic E-state index is 0.410. The van der Waals surface area contributed by atoms with E-state index in [0.29, 0.717) is 45.3 Å². The molecule has 0 saturated carbocycles. The van der Waals surface area contributed by atoms with E-state index in [4.69, 9.17) is 4.42 Å². The number of pyridine rings is 1. The summed E-state index contributed by atoms with van der Waals surface area (Å²) < 4.78 is 46.6. The zero-order chi connectivity index (χ0) is 23.2. The van der Waals surface area contributed by atoms with E-state index >= 15 is 0 Å². The third-order valence-electron chi connectivity index (χ3n) is 5.23. The summed E-state index contributed by atoms with van der Waals surface area (Å²) in [7, 11) is 0. The number of nitrogens with zero attached hydrogens (tertiary/aromatic N) is 5. The maximum Gasteiger partial charge on any atom is 0.416 e. The van der Waals surface area contributed by atoms with Gasteiger partial charge in [-0.3, -0.25) is 9.38 Å². The van der Waals surface area contributed by atoms with E-state index in [-0.39, 0.29) is 0 Å². The standard InChI is InChI=1S/C23H17F3N6O/c1-13-3-4-15(23(24,25)26)7-17(13)20-10-32-11-27-9-19(22(32)31-20)30-16-5-6-18(28-8-16)21-14(2)29-12-33-21/h3-12,30H,1-2H3. The maximum absolute atomic E-state index is 13.2. The number of rotatable bonds is 4. The molecule has 10 heteroatoms. The second kappa shape index (κ2) is 7.73. The Labute approximate surface area is 186 Å². The van der Waals surface area contributed by atoms with Crippen molar-refractivity contribution >= 4 is 17.0 Å². The van der Waals surface area contributed by atoms with E-state index in [0.717, 1.165) is 17.8 Å². The summed E-state index contributed by atoms with van der Waals surface area (Å²) in [4.78, 5) is 17.3. The molecule has 0 aliphatic carbocycles. The Morgan fingerprint density at radius 3 is 2.55 bits per heavy atom. The molecule has 4 heterocycles. The molecule has 0 spiro atoms. The Kier molecular flexibility index (Phi) is 4.85. The number of halogens is 3. The average Bonchev–Trinajstić information content (AvgIpc) is 3.40. The number of fused-ring (bicyclic) bond motifs is 1. The minimum atomic E-state index is -4.43. The molecule has 0 radical (unpaired) electrons. The molecule has 7 nitrogen and oxygen atoms in total. The van der Waals surface area contributed by atoms with Gasteiger partial charge in [0.2, 0.25) is 0 Å². The van der Waals surface area contributed by atoms with Gasteiger partial charge in [0.25, 0.3) is 0 Å². The van der Waals surface area contributed by atoms with Crippen molar-refractivity contribution in [2.45, 2.75) is 20.0 Å². The number of benzene rings is 1.